The SMILES string of the molecule is CN1CCN(c2ccc3nc(-c4c(N)c5cc(NCC(C)(C)C)ccc5[nH]c4=O)[nH]c3c2)CC1. The zero-order chi connectivity index (χ0) is 24.0. The number of anilines is 3. The molecule has 3 heterocycles. The van der Waals surface area contributed by atoms with Crippen LogP contribution in [0.5, 0.6) is 0 Å². The Hall–Kier alpha value is -3.52. The first-order chi connectivity index (χ1) is 16.2. The number of nitrogens with zero attached hydrogens (tertiary/aromatic N) is 3. The number of nitrogen functional groups attached to an aromatic ring is 1. The lowest BCUT2D eigenvalue weighted by Crippen LogP contribution is -2.44. The van der Waals surface area contributed by atoms with Crippen LogP contribution in [0.2, 0.25) is 0 Å². The molecule has 34 heavy (non-hydrogen) atoms. The van der Waals surface area contributed by atoms with Gasteiger partial charge in [-0.1, -0.05) is 20.8 Å². The minimum absolute atomic E-state index is 0.147. The minimum Gasteiger partial charge on any atom is -0.397 e. The van der Waals surface area contributed by atoms with Gasteiger partial charge in [0.1, 0.15) is 11.4 Å². The molecule has 0 unspecified atom stereocenters. The number of imidazole rings is 1. The average molecular weight is 460 g/mol. The quantitative estimate of drug-likeness (QED) is 0.369. The molecular formula is C26H33N7O. The van der Waals surface area contributed by atoms with Crippen LogP contribution in [0.4, 0.5) is 17.1 Å². The number of pyridine rings is 1. The molecule has 1 saturated heterocycles. The number of aromatic amines is 2. The van der Waals surface area contributed by atoms with Crippen LogP contribution in [0.3, 0.4) is 0 Å². The van der Waals surface area contributed by atoms with Crippen molar-refractivity contribution in [2.75, 3.05) is 55.7 Å². The molecule has 0 spiro atoms. The molecule has 2 aromatic heterocycles. The van der Waals surface area contributed by atoms with Crippen molar-refractivity contribution in [2.45, 2.75) is 20.8 Å². The van der Waals surface area contributed by atoms with Gasteiger partial charge in [0.25, 0.3) is 5.56 Å². The molecule has 1 aliphatic heterocycles. The van der Waals surface area contributed by atoms with Crippen LogP contribution >= 0.6 is 0 Å². The van der Waals surface area contributed by atoms with Crippen molar-refractivity contribution in [3.05, 3.63) is 46.8 Å². The highest BCUT2D eigenvalue weighted by atomic mass is 16.1. The van der Waals surface area contributed by atoms with Gasteiger partial charge in [0, 0.05) is 49.5 Å². The molecule has 178 valence electrons. The number of hydrogen-bond acceptors (Lipinski definition) is 6. The second-order valence-electron chi connectivity index (χ2n) is 10.5. The van der Waals surface area contributed by atoms with E-state index in [0.29, 0.717) is 22.6 Å². The summed E-state index contributed by atoms with van der Waals surface area (Å²) in [5.74, 6) is 0.485. The Morgan fingerprint density at radius 1 is 1.03 bits per heavy atom. The Morgan fingerprint density at radius 2 is 1.79 bits per heavy atom. The van der Waals surface area contributed by atoms with E-state index in [-0.39, 0.29) is 11.0 Å². The summed E-state index contributed by atoms with van der Waals surface area (Å²) in [5, 5.41) is 4.26. The van der Waals surface area contributed by atoms with Crippen molar-refractivity contribution in [2.24, 2.45) is 5.41 Å². The largest absolute Gasteiger partial charge is 0.397 e. The maximum absolute atomic E-state index is 13.0. The van der Waals surface area contributed by atoms with Crippen LogP contribution in [0, 0.1) is 5.41 Å². The van der Waals surface area contributed by atoms with E-state index in [9.17, 15) is 4.79 Å². The van der Waals surface area contributed by atoms with Crippen molar-refractivity contribution in [1.82, 2.24) is 19.9 Å². The number of benzene rings is 2. The van der Waals surface area contributed by atoms with Crippen molar-refractivity contribution < 1.29 is 0 Å². The van der Waals surface area contributed by atoms with Crippen molar-refractivity contribution in [3.63, 3.8) is 0 Å². The maximum Gasteiger partial charge on any atom is 0.261 e. The fourth-order valence-corrected chi connectivity index (χ4v) is 4.41. The number of fused-ring (bicyclic) bond motifs is 2. The fraction of sp³-hybridized carbons (Fsp3) is 0.385. The smallest absolute Gasteiger partial charge is 0.261 e. The zero-order valence-corrected chi connectivity index (χ0v) is 20.3. The van der Waals surface area contributed by atoms with E-state index in [2.05, 4.69) is 65.0 Å². The summed E-state index contributed by atoms with van der Waals surface area (Å²) in [5.41, 5.74) is 11.8. The molecule has 0 bridgehead atoms. The molecular weight excluding hydrogens is 426 g/mol. The van der Waals surface area contributed by atoms with Gasteiger partial charge in [0.05, 0.1) is 22.2 Å². The lowest BCUT2D eigenvalue weighted by Gasteiger charge is -2.34. The minimum atomic E-state index is -0.251. The van der Waals surface area contributed by atoms with Gasteiger partial charge in [0.15, 0.2) is 0 Å². The Balaban J connectivity index is 1.52. The van der Waals surface area contributed by atoms with Gasteiger partial charge in [-0.15, -0.1) is 0 Å². The van der Waals surface area contributed by atoms with Gasteiger partial charge >= 0.3 is 0 Å². The molecule has 0 amide bonds. The van der Waals surface area contributed by atoms with E-state index < -0.39 is 0 Å². The molecule has 0 radical (unpaired) electrons. The Labute approximate surface area is 199 Å². The topological polar surface area (TPSA) is 106 Å². The first kappa shape index (κ1) is 22.3. The number of hydrogen-bond donors (Lipinski definition) is 4. The first-order valence-electron chi connectivity index (χ1n) is 11.8. The Kier molecular flexibility index (Phi) is 5.48. The molecule has 4 aromatic rings. The van der Waals surface area contributed by atoms with Crippen molar-refractivity contribution in [3.8, 4) is 11.4 Å². The number of nitrogens with two attached hydrogens (primary N) is 1. The van der Waals surface area contributed by atoms with Crippen LogP contribution in [-0.4, -0.2) is 59.6 Å². The van der Waals surface area contributed by atoms with Crippen LogP contribution in [0.15, 0.2) is 41.2 Å². The van der Waals surface area contributed by atoms with E-state index >= 15 is 0 Å². The average Bonchev–Trinajstić information content (AvgIpc) is 3.20. The predicted octanol–water partition coefficient (Wildman–Crippen LogP) is 3.86. The van der Waals surface area contributed by atoms with Crippen LogP contribution < -0.4 is 21.5 Å². The van der Waals surface area contributed by atoms with Crippen LogP contribution in [0.1, 0.15) is 20.8 Å². The number of likely N-dealkylation sites (N-methyl/N-ethyl adjacent to an activating group) is 1. The Bertz CT molecular complexity index is 1400. The summed E-state index contributed by atoms with van der Waals surface area (Å²) < 4.78 is 0. The van der Waals surface area contributed by atoms with Crippen LogP contribution in [0.25, 0.3) is 33.3 Å². The van der Waals surface area contributed by atoms with Gasteiger partial charge in [-0.05, 0) is 48.9 Å². The molecule has 8 heteroatoms. The summed E-state index contributed by atoms with van der Waals surface area (Å²) in [6, 6.07) is 12.1. The molecule has 5 rings (SSSR count). The molecule has 1 fully saturated rings. The van der Waals surface area contributed by atoms with Gasteiger partial charge in [-0.2, -0.15) is 0 Å². The van der Waals surface area contributed by atoms with E-state index in [1.165, 1.54) is 0 Å². The predicted molar refractivity (Wildman–Crippen MR) is 142 cm³/mol. The number of rotatable bonds is 4. The summed E-state index contributed by atoms with van der Waals surface area (Å²) in [7, 11) is 2.15. The first-order valence-corrected chi connectivity index (χ1v) is 11.8. The third-order valence-electron chi connectivity index (χ3n) is 6.45. The summed E-state index contributed by atoms with van der Waals surface area (Å²) in [4.78, 5) is 28.7. The van der Waals surface area contributed by atoms with Gasteiger partial charge in [-0.25, -0.2) is 4.98 Å². The monoisotopic (exact) mass is 459 g/mol. The van der Waals surface area contributed by atoms with Crippen molar-refractivity contribution >= 4 is 39.0 Å². The van der Waals surface area contributed by atoms with E-state index in [1.807, 2.05) is 24.3 Å². The highest BCUT2D eigenvalue weighted by Gasteiger charge is 2.19. The van der Waals surface area contributed by atoms with Gasteiger partial charge in [0.2, 0.25) is 0 Å². The van der Waals surface area contributed by atoms with Crippen LogP contribution in [-0.2, 0) is 0 Å². The molecule has 8 nitrogen and oxygen atoms in total. The summed E-state index contributed by atoms with van der Waals surface area (Å²) >= 11 is 0. The van der Waals surface area contributed by atoms with Gasteiger partial charge < -0.3 is 30.8 Å². The Morgan fingerprint density at radius 3 is 2.53 bits per heavy atom. The molecule has 0 aliphatic carbocycles. The maximum atomic E-state index is 13.0. The fourth-order valence-electron chi connectivity index (χ4n) is 4.41. The summed E-state index contributed by atoms with van der Waals surface area (Å²) in [6.45, 7) is 11.4. The number of H-pyrrole nitrogens is 2. The molecule has 0 atom stereocenters. The molecule has 1 aliphatic rings. The lowest BCUT2D eigenvalue weighted by atomic mass is 9.97. The number of aromatic nitrogens is 3. The van der Waals surface area contributed by atoms with Crippen molar-refractivity contribution in [1.29, 1.82) is 0 Å². The summed E-state index contributed by atoms with van der Waals surface area (Å²) in [6.07, 6.45) is 0. The van der Waals surface area contributed by atoms with E-state index in [4.69, 9.17) is 10.7 Å². The third-order valence-corrected chi connectivity index (χ3v) is 6.45. The normalized spacial score (nSPS) is 15.4. The highest BCUT2D eigenvalue weighted by molar-refractivity contribution is 5.99. The third kappa shape index (κ3) is 4.33. The van der Waals surface area contributed by atoms with E-state index in [0.717, 1.165) is 60.5 Å². The molecule has 5 N–H and O–H groups in total. The molecule has 0 saturated carbocycles. The van der Waals surface area contributed by atoms with E-state index in [1.54, 1.807) is 0 Å². The number of piperazine rings is 1. The van der Waals surface area contributed by atoms with Gasteiger partial charge in [-0.3, -0.25) is 4.79 Å². The second-order valence-corrected chi connectivity index (χ2v) is 10.5. The lowest BCUT2D eigenvalue weighted by molar-refractivity contribution is 0.313. The highest BCUT2D eigenvalue weighted by Crippen LogP contribution is 2.31. The second kappa shape index (κ2) is 8.36. The molecule has 2 aromatic carbocycles. The zero-order valence-electron chi connectivity index (χ0n) is 20.3. The standard InChI is InChI=1S/C26H33N7O/c1-26(2,3)15-28-16-5-7-19-18(13-16)23(27)22(25(34)31-19)24-29-20-8-6-17(14-21(20)30-24)33-11-9-32(4)10-12-33/h5-8,13-14,28H,9-12,15H2,1-4H3,(H,29,30)(H3,27,31,34). The number of nitrogens with one attached hydrogen (secondary N) is 3.